The van der Waals surface area contributed by atoms with Gasteiger partial charge in [0, 0.05) is 15.5 Å². The van der Waals surface area contributed by atoms with Crippen LogP contribution in [-0.4, -0.2) is 6.54 Å². The van der Waals surface area contributed by atoms with E-state index in [2.05, 4.69) is 54.2 Å². The Morgan fingerprint density at radius 1 is 1.28 bits per heavy atom. The summed E-state index contributed by atoms with van der Waals surface area (Å²) in [6, 6.07) is 6.57. The summed E-state index contributed by atoms with van der Waals surface area (Å²) in [5, 5.41) is 4.42. The van der Waals surface area contributed by atoms with E-state index < -0.39 is 0 Å². The van der Waals surface area contributed by atoms with Gasteiger partial charge in [-0.1, -0.05) is 54.7 Å². The van der Waals surface area contributed by atoms with E-state index in [9.17, 15) is 0 Å². The van der Waals surface area contributed by atoms with E-state index in [0.717, 1.165) is 34.8 Å². The smallest absolute Gasteiger partial charge is 0.0420 e. The molecule has 0 aliphatic carbocycles. The lowest BCUT2D eigenvalue weighted by molar-refractivity contribution is 0.402. The molecule has 0 aliphatic rings. The molecule has 3 heteroatoms. The zero-order valence-corrected chi connectivity index (χ0v) is 13.8. The van der Waals surface area contributed by atoms with Gasteiger partial charge in [-0.15, -0.1) is 0 Å². The molecule has 0 amide bonds. The Morgan fingerprint density at radius 3 is 2.56 bits per heavy atom. The maximum Gasteiger partial charge on any atom is 0.0420 e. The predicted molar refractivity (Wildman–Crippen MR) is 84.3 cm³/mol. The van der Waals surface area contributed by atoms with Gasteiger partial charge in [0.2, 0.25) is 0 Å². The van der Waals surface area contributed by atoms with Crippen molar-refractivity contribution in [2.45, 2.75) is 46.1 Å². The van der Waals surface area contributed by atoms with Crippen LogP contribution in [0, 0.1) is 5.92 Å². The summed E-state index contributed by atoms with van der Waals surface area (Å²) >= 11 is 9.66. The van der Waals surface area contributed by atoms with Gasteiger partial charge in [-0.25, -0.2) is 0 Å². The van der Waals surface area contributed by atoms with Crippen molar-refractivity contribution >= 4 is 27.5 Å². The van der Waals surface area contributed by atoms with Crippen LogP contribution in [0.5, 0.6) is 0 Å². The molecule has 1 nitrogen and oxygen atoms in total. The highest BCUT2D eigenvalue weighted by molar-refractivity contribution is 9.10. The highest BCUT2D eigenvalue weighted by Crippen LogP contribution is 2.28. The third-order valence-electron chi connectivity index (χ3n) is 3.26. The molecule has 0 spiro atoms. The largest absolute Gasteiger partial charge is 0.310 e. The summed E-state index contributed by atoms with van der Waals surface area (Å²) in [4.78, 5) is 0. The van der Waals surface area contributed by atoms with Gasteiger partial charge in [0.1, 0.15) is 0 Å². The molecule has 1 aromatic carbocycles. The number of rotatable bonds is 7. The van der Waals surface area contributed by atoms with Gasteiger partial charge in [0.25, 0.3) is 0 Å². The fourth-order valence-corrected chi connectivity index (χ4v) is 2.89. The summed E-state index contributed by atoms with van der Waals surface area (Å²) in [7, 11) is 0. The standard InChI is InChI=1S/C15H23BrClN/c1-4-6-18-15(7-11(3)5-2)12-8-13(16)10-14(17)9-12/h8-11,15,18H,4-7H2,1-3H3. The molecule has 0 bridgehead atoms. The van der Waals surface area contributed by atoms with Crippen molar-refractivity contribution in [1.82, 2.24) is 5.32 Å². The minimum atomic E-state index is 0.398. The van der Waals surface area contributed by atoms with Gasteiger partial charge in [-0.3, -0.25) is 0 Å². The zero-order chi connectivity index (χ0) is 13.5. The molecule has 2 atom stereocenters. The van der Waals surface area contributed by atoms with Crippen molar-refractivity contribution in [1.29, 1.82) is 0 Å². The van der Waals surface area contributed by atoms with Gasteiger partial charge < -0.3 is 5.32 Å². The highest BCUT2D eigenvalue weighted by atomic mass is 79.9. The van der Waals surface area contributed by atoms with Gasteiger partial charge in [0.05, 0.1) is 0 Å². The Labute approximate surface area is 124 Å². The lowest BCUT2D eigenvalue weighted by Gasteiger charge is -2.22. The Balaban J connectivity index is 2.85. The van der Waals surface area contributed by atoms with Crippen molar-refractivity contribution in [3.05, 3.63) is 33.3 Å². The molecule has 102 valence electrons. The van der Waals surface area contributed by atoms with Gasteiger partial charge in [-0.05, 0) is 49.1 Å². The first-order valence-electron chi connectivity index (χ1n) is 6.76. The van der Waals surface area contributed by atoms with E-state index in [-0.39, 0.29) is 0 Å². The van der Waals surface area contributed by atoms with E-state index in [0.29, 0.717) is 6.04 Å². The molecule has 0 fully saturated rings. The minimum Gasteiger partial charge on any atom is -0.310 e. The molecular weight excluding hydrogens is 310 g/mol. The van der Waals surface area contributed by atoms with Gasteiger partial charge in [0.15, 0.2) is 0 Å². The number of nitrogens with one attached hydrogen (secondary N) is 1. The molecule has 0 saturated heterocycles. The van der Waals surface area contributed by atoms with Crippen molar-refractivity contribution in [3.63, 3.8) is 0 Å². The molecular formula is C15H23BrClN. The van der Waals surface area contributed by atoms with Crippen LogP contribution in [0.2, 0.25) is 5.02 Å². The van der Waals surface area contributed by atoms with Crippen LogP contribution in [0.3, 0.4) is 0 Å². The van der Waals surface area contributed by atoms with Crippen molar-refractivity contribution in [2.24, 2.45) is 5.92 Å². The molecule has 1 rings (SSSR count). The fourth-order valence-electron chi connectivity index (χ4n) is 2.00. The molecule has 0 heterocycles. The summed E-state index contributed by atoms with van der Waals surface area (Å²) in [5.74, 6) is 0.720. The summed E-state index contributed by atoms with van der Waals surface area (Å²) in [6.07, 6.45) is 3.52. The van der Waals surface area contributed by atoms with Crippen LogP contribution in [0.1, 0.15) is 51.6 Å². The average Bonchev–Trinajstić information content (AvgIpc) is 2.32. The van der Waals surface area contributed by atoms with E-state index in [1.54, 1.807) is 0 Å². The third-order valence-corrected chi connectivity index (χ3v) is 3.94. The van der Waals surface area contributed by atoms with Crippen molar-refractivity contribution < 1.29 is 0 Å². The third kappa shape index (κ3) is 5.29. The fraction of sp³-hybridized carbons (Fsp3) is 0.600. The molecule has 1 N–H and O–H groups in total. The van der Waals surface area contributed by atoms with Crippen LogP contribution in [-0.2, 0) is 0 Å². The Kier molecular flexibility index (Phi) is 7.28. The van der Waals surface area contributed by atoms with E-state index >= 15 is 0 Å². The lowest BCUT2D eigenvalue weighted by Crippen LogP contribution is -2.24. The average molecular weight is 333 g/mol. The summed E-state index contributed by atoms with van der Waals surface area (Å²) in [5.41, 5.74) is 1.28. The van der Waals surface area contributed by atoms with Crippen LogP contribution in [0.25, 0.3) is 0 Å². The summed E-state index contributed by atoms with van der Waals surface area (Å²) in [6.45, 7) is 7.79. The van der Waals surface area contributed by atoms with E-state index in [4.69, 9.17) is 11.6 Å². The van der Waals surface area contributed by atoms with Crippen LogP contribution in [0.4, 0.5) is 0 Å². The SMILES string of the molecule is CCCNC(CC(C)CC)c1cc(Cl)cc(Br)c1. The minimum absolute atomic E-state index is 0.398. The van der Waals surface area contributed by atoms with Crippen molar-refractivity contribution in [2.75, 3.05) is 6.54 Å². The number of halogens is 2. The van der Waals surface area contributed by atoms with Crippen LogP contribution < -0.4 is 5.32 Å². The maximum atomic E-state index is 6.14. The Hall–Kier alpha value is -0.0500. The Morgan fingerprint density at radius 2 is 2.00 bits per heavy atom. The normalized spacial score (nSPS) is 14.5. The topological polar surface area (TPSA) is 12.0 Å². The van der Waals surface area contributed by atoms with E-state index in [1.165, 1.54) is 12.0 Å². The predicted octanol–water partition coefficient (Wildman–Crippen LogP) is 5.58. The number of benzene rings is 1. The number of hydrogen-bond acceptors (Lipinski definition) is 1. The zero-order valence-electron chi connectivity index (χ0n) is 11.5. The quantitative estimate of drug-likeness (QED) is 0.687. The molecule has 18 heavy (non-hydrogen) atoms. The van der Waals surface area contributed by atoms with E-state index in [1.807, 2.05) is 6.07 Å². The first-order chi connectivity index (χ1) is 8.56. The van der Waals surface area contributed by atoms with Gasteiger partial charge in [-0.2, -0.15) is 0 Å². The lowest BCUT2D eigenvalue weighted by atomic mass is 9.94. The second kappa shape index (κ2) is 8.19. The maximum absolute atomic E-state index is 6.14. The highest BCUT2D eigenvalue weighted by Gasteiger charge is 2.14. The number of hydrogen-bond donors (Lipinski definition) is 1. The first kappa shape index (κ1) is 16.0. The van der Waals surface area contributed by atoms with Crippen LogP contribution >= 0.6 is 27.5 Å². The first-order valence-corrected chi connectivity index (χ1v) is 7.93. The van der Waals surface area contributed by atoms with Crippen LogP contribution in [0.15, 0.2) is 22.7 Å². The Bertz CT molecular complexity index is 347. The molecule has 0 aliphatic heterocycles. The molecule has 2 unspecified atom stereocenters. The van der Waals surface area contributed by atoms with Crippen molar-refractivity contribution in [3.8, 4) is 0 Å². The molecule has 0 saturated carbocycles. The van der Waals surface area contributed by atoms with Gasteiger partial charge >= 0.3 is 0 Å². The second-order valence-corrected chi connectivity index (χ2v) is 6.31. The second-order valence-electron chi connectivity index (χ2n) is 4.96. The molecule has 1 aromatic rings. The monoisotopic (exact) mass is 331 g/mol. The molecule has 0 aromatic heterocycles. The summed E-state index contributed by atoms with van der Waals surface area (Å²) < 4.78 is 1.05. The molecule has 0 radical (unpaired) electrons.